The number of nitrogens with one attached hydrogen (secondary N) is 2. The molecule has 0 amide bonds. The zero-order valence-corrected chi connectivity index (χ0v) is 20.5. The minimum atomic E-state index is -3.16. The van der Waals surface area contributed by atoms with E-state index < -0.39 is 14.6 Å². The SMILES string of the molecule is CCNC(=NCc1cc(C(CC)CC)no1)NCCS(=O)(=O)C(C)(C)C.I. The molecule has 1 heterocycles. The molecule has 0 spiro atoms. The molecule has 1 aromatic rings. The average Bonchev–Trinajstić information content (AvgIpc) is 3.01. The lowest BCUT2D eigenvalue weighted by molar-refractivity contribution is 0.372. The van der Waals surface area contributed by atoms with Gasteiger partial charge in [0.25, 0.3) is 0 Å². The van der Waals surface area contributed by atoms with E-state index in [0.29, 0.717) is 37.3 Å². The minimum Gasteiger partial charge on any atom is -0.359 e. The fourth-order valence-corrected chi connectivity index (χ4v) is 3.39. The third-order valence-corrected chi connectivity index (χ3v) is 6.92. The van der Waals surface area contributed by atoms with Crippen molar-refractivity contribution >= 4 is 39.8 Å². The van der Waals surface area contributed by atoms with Gasteiger partial charge in [-0.2, -0.15) is 0 Å². The van der Waals surface area contributed by atoms with Gasteiger partial charge in [-0.1, -0.05) is 19.0 Å². The third-order valence-electron chi connectivity index (χ3n) is 4.31. The van der Waals surface area contributed by atoms with Crippen LogP contribution in [0.5, 0.6) is 0 Å². The molecule has 1 rings (SSSR count). The zero-order valence-electron chi connectivity index (χ0n) is 17.3. The standard InChI is InChI=1S/C18H34N4O3S.HI/c1-7-14(8-2)16-12-15(25-22-16)13-21-17(19-9-3)20-10-11-26(23,24)18(4,5)6;/h12,14H,7-11,13H2,1-6H3,(H2,19,20,21);1H. The summed E-state index contributed by atoms with van der Waals surface area (Å²) in [4.78, 5) is 4.46. The predicted molar refractivity (Wildman–Crippen MR) is 122 cm³/mol. The Balaban J connectivity index is 0.00000676. The van der Waals surface area contributed by atoms with Crippen molar-refractivity contribution in [3.63, 3.8) is 0 Å². The first kappa shape index (κ1) is 26.2. The Labute approximate surface area is 181 Å². The molecule has 9 heteroatoms. The number of aromatic nitrogens is 1. The second-order valence-electron chi connectivity index (χ2n) is 7.28. The number of hydrogen-bond acceptors (Lipinski definition) is 5. The Morgan fingerprint density at radius 2 is 1.85 bits per heavy atom. The molecular weight excluding hydrogens is 479 g/mol. The molecule has 0 aromatic carbocycles. The number of hydrogen-bond donors (Lipinski definition) is 2. The molecule has 0 atom stereocenters. The highest BCUT2D eigenvalue weighted by Gasteiger charge is 2.28. The number of guanidine groups is 1. The Hall–Kier alpha value is -0.840. The smallest absolute Gasteiger partial charge is 0.191 e. The van der Waals surface area contributed by atoms with Crippen LogP contribution in [0.3, 0.4) is 0 Å². The van der Waals surface area contributed by atoms with Crippen LogP contribution in [0.2, 0.25) is 0 Å². The predicted octanol–water partition coefficient (Wildman–Crippen LogP) is 3.46. The van der Waals surface area contributed by atoms with Crippen LogP contribution in [-0.2, 0) is 16.4 Å². The maximum Gasteiger partial charge on any atom is 0.191 e. The van der Waals surface area contributed by atoms with Gasteiger partial charge in [-0.3, -0.25) is 0 Å². The van der Waals surface area contributed by atoms with E-state index >= 15 is 0 Å². The maximum atomic E-state index is 12.2. The second-order valence-corrected chi connectivity index (χ2v) is 10.1. The Bertz CT molecular complexity index is 677. The molecule has 0 bridgehead atoms. The summed E-state index contributed by atoms with van der Waals surface area (Å²) in [5, 5.41) is 10.3. The van der Waals surface area contributed by atoms with E-state index in [1.807, 2.05) is 13.0 Å². The summed E-state index contributed by atoms with van der Waals surface area (Å²) in [6.07, 6.45) is 2.05. The van der Waals surface area contributed by atoms with Crippen molar-refractivity contribution in [1.29, 1.82) is 0 Å². The maximum absolute atomic E-state index is 12.2. The van der Waals surface area contributed by atoms with Crippen molar-refractivity contribution in [3.8, 4) is 0 Å². The summed E-state index contributed by atoms with van der Waals surface area (Å²) in [5.41, 5.74) is 0.967. The van der Waals surface area contributed by atoms with Crippen molar-refractivity contribution < 1.29 is 12.9 Å². The van der Waals surface area contributed by atoms with Gasteiger partial charge in [0.05, 0.1) is 16.2 Å². The number of rotatable bonds is 9. The molecular formula is C18H35IN4O3S. The Kier molecular flexibility index (Phi) is 11.5. The Morgan fingerprint density at radius 3 is 2.37 bits per heavy atom. The fraction of sp³-hybridized carbons (Fsp3) is 0.778. The molecule has 27 heavy (non-hydrogen) atoms. The van der Waals surface area contributed by atoms with E-state index in [4.69, 9.17) is 4.52 Å². The van der Waals surface area contributed by atoms with Gasteiger partial charge in [-0.05, 0) is 40.5 Å². The van der Waals surface area contributed by atoms with Gasteiger partial charge < -0.3 is 15.2 Å². The van der Waals surface area contributed by atoms with Crippen LogP contribution in [0.25, 0.3) is 0 Å². The molecule has 0 aliphatic heterocycles. The van der Waals surface area contributed by atoms with Crippen LogP contribution >= 0.6 is 24.0 Å². The van der Waals surface area contributed by atoms with Crippen molar-refractivity contribution in [2.24, 2.45) is 4.99 Å². The molecule has 158 valence electrons. The molecule has 0 unspecified atom stereocenters. The summed E-state index contributed by atoms with van der Waals surface area (Å²) < 4.78 is 29.0. The lowest BCUT2D eigenvalue weighted by Crippen LogP contribution is -2.41. The van der Waals surface area contributed by atoms with Crippen molar-refractivity contribution in [2.75, 3.05) is 18.8 Å². The normalized spacial score (nSPS) is 12.8. The molecule has 0 fully saturated rings. The Morgan fingerprint density at radius 1 is 1.22 bits per heavy atom. The van der Waals surface area contributed by atoms with Crippen molar-refractivity contribution in [1.82, 2.24) is 15.8 Å². The number of halogens is 1. The van der Waals surface area contributed by atoms with Gasteiger partial charge in [-0.25, -0.2) is 13.4 Å². The quantitative estimate of drug-likeness (QED) is 0.298. The second kappa shape index (κ2) is 11.9. The van der Waals surface area contributed by atoms with Gasteiger partial charge in [-0.15, -0.1) is 24.0 Å². The fourth-order valence-electron chi connectivity index (χ4n) is 2.41. The number of aliphatic imine (C=N–C) groups is 1. The first-order valence-electron chi connectivity index (χ1n) is 9.34. The first-order chi connectivity index (χ1) is 12.1. The van der Waals surface area contributed by atoms with Crippen molar-refractivity contribution in [2.45, 2.75) is 71.6 Å². The van der Waals surface area contributed by atoms with E-state index in [1.165, 1.54) is 0 Å². The molecule has 0 saturated heterocycles. The van der Waals surface area contributed by atoms with E-state index in [1.54, 1.807) is 20.8 Å². The number of sulfone groups is 1. The molecule has 0 aliphatic carbocycles. The van der Waals surface area contributed by atoms with Gasteiger partial charge in [0.15, 0.2) is 21.6 Å². The third kappa shape index (κ3) is 8.37. The van der Waals surface area contributed by atoms with Gasteiger partial charge in [0.2, 0.25) is 0 Å². The van der Waals surface area contributed by atoms with Gasteiger partial charge in [0.1, 0.15) is 6.54 Å². The van der Waals surface area contributed by atoms with Crippen molar-refractivity contribution in [3.05, 3.63) is 17.5 Å². The largest absolute Gasteiger partial charge is 0.359 e. The molecule has 0 radical (unpaired) electrons. The summed E-state index contributed by atoms with van der Waals surface area (Å²) in [6, 6.07) is 1.95. The molecule has 7 nitrogen and oxygen atoms in total. The van der Waals surface area contributed by atoms with Crippen LogP contribution in [-0.4, -0.2) is 43.1 Å². The zero-order chi connectivity index (χ0) is 19.8. The molecule has 0 saturated carbocycles. The molecule has 1 aromatic heterocycles. The summed E-state index contributed by atoms with van der Waals surface area (Å²) in [5.74, 6) is 1.73. The lowest BCUT2D eigenvalue weighted by Gasteiger charge is -2.19. The van der Waals surface area contributed by atoms with Crippen LogP contribution in [0, 0.1) is 0 Å². The molecule has 2 N–H and O–H groups in total. The summed E-state index contributed by atoms with van der Waals surface area (Å²) in [6.45, 7) is 12.7. The van der Waals surface area contributed by atoms with Gasteiger partial charge >= 0.3 is 0 Å². The topological polar surface area (TPSA) is 96.6 Å². The van der Waals surface area contributed by atoms with E-state index in [0.717, 1.165) is 18.5 Å². The van der Waals surface area contributed by atoms with E-state index in [-0.39, 0.29) is 29.7 Å². The average molecular weight is 514 g/mol. The van der Waals surface area contributed by atoms with Crippen LogP contribution < -0.4 is 10.6 Å². The highest BCUT2D eigenvalue weighted by molar-refractivity contribution is 14.0. The van der Waals surface area contributed by atoms with E-state index in [2.05, 4.69) is 34.6 Å². The minimum absolute atomic E-state index is 0. The highest BCUT2D eigenvalue weighted by atomic mass is 127. The van der Waals surface area contributed by atoms with Crippen LogP contribution in [0.4, 0.5) is 0 Å². The van der Waals surface area contributed by atoms with Crippen LogP contribution in [0.1, 0.15) is 71.8 Å². The first-order valence-corrected chi connectivity index (χ1v) is 11.0. The van der Waals surface area contributed by atoms with Gasteiger partial charge in [0, 0.05) is 25.1 Å². The summed E-state index contributed by atoms with van der Waals surface area (Å²) >= 11 is 0. The number of nitrogens with zero attached hydrogens (tertiary/aromatic N) is 2. The van der Waals surface area contributed by atoms with Crippen LogP contribution in [0.15, 0.2) is 15.6 Å². The molecule has 0 aliphatic rings. The monoisotopic (exact) mass is 514 g/mol. The highest BCUT2D eigenvalue weighted by Crippen LogP contribution is 2.22. The summed E-state index contributed by atoms with van der Waals surface area (Å²) in [7, 11) is -3.16. The lowest BCUT2D eigenvalue weighted by atomic mass is 9.99. The van der Waals surface area contributed by atoms with E-state index in [9.17, 15) is 8.42 Å².